The number of hydrogen-bond donors (Lipinski definition) is 0. The highest BCUT2D eigenvalue weighted by Gasteiger charge is 2.27. The largest absolute Gasteiger partial charge is 0.490 e. The summed E-state index contributed by atoms with van der Waals surface area (Å²) in [5.74, 6) is -0.360. The summed E-state index contributed by atoms with van der Waals surface area (Å²) in [7, 11) is 0. The van der Waals surface area contributed by atoms with Crippen molar-refractivity contribution in [2.75, 3.05) is 6.61 Å². The summed E-state index contributed by atoms with van der Waals surface area (Å²) >= 11 is 9.61. The molecule has 0 saturated carbocycles. The van der Waals surface area contributed by atoms with Gasteiger partial charge in [0.15, 0.2) is 17.2 Å². The maximum absolute atomic E-state index is 13.2. The summed E-state index contributed by atoms with van der Waals surface area (Å²) < 4.78 is 30.6. The highest BCUT2D eigenvalue weighted by atomic mass is 79.9. The molecule has 4 rings (SSSR count). The second-order valence-corrected chi connectivity index (χ2v) is 8.70. The van der Waals surface area contributed by atoms with E-state index < -0.39 is 10.9 Å². The monoisotopic (exact) mass is 574 g/mol. The zero-order valence-corrected chi connectivity index (χ0v) is 21.0. The summed E-state index contributed by atoms with van der Waals surface area (Å²) in [6, 6.07) is 13.1. The molecule has 1 aliphatic rings. The van der Waals surface area contributed by atoms with Crippen LogP contribution in [0.2, 0.25) is 5.02 Å². The third-order valence-electron chi connectivity index (χ3n) is 4.94. The number of nitro benzene ring substituents is 1. The number of esters is 1. The van der Waals surface area contributed by atoms with Crippen LogP contribution in [0.4, 0.5) is 10.1 Å². The minimum atomic E-state index is -0.738. The molecule has 0 aromatic heterocycles. The first-order valence-corrected chi connectivity index (χ1v) is 11.7. The lowest BCUT2D eigenvalue weighted by molar-refractivity contribution is -0.384. The summed E-state index contributed by atoms with van der Waals surface area (Å²) in [4.78, 5) is 27.2. The van der Waals surface area contributed by atoms with E-state index in [4.69, 9.17) is 25.8 Å². The number of carbonyl (C=O) groups is 1. The third kappa shape index (κ3) is 5.72. The van der Waals surface area contributed by atoms with Crippen molar-refractivity contribution in [1.29, 1.82) is 0 Å². The molecule has 0 bridgehead atoms. The number of benzene rings is 3. The Morgan fingerprint density at radius 1 is 1.17 bits per heavy atom. The molecular weight excluding hydrogens is 559 g/mol. The van der Waals surface area contributed by atoms with Crippen molar-refractivity contribution >= 4 is 51.2 Å². The number of non-ortho nitro benzene ring substituents is 1. The number of ether oxygens (including phenoxy) is 3. The first-order chi connectivity index (χ1) is 17.2. The van der Waals surface area contributed by atoms with Crippen LogP contribution in [0.25, 0.3) is 6.08 Å². The van der Waals surface area contributed by atoms with Crippen LogP contribution in [0.1, 0.15) is 23.6 Å². The van der Waals surface area contributed by atoms with Gasteiger partial charge in [0.2, 0.25) is 5.90 Å². The van der Waals surface area contributed by atoms with E-state index in [0.717, 1.165) is 5.56 Å². The van der Waals surface area contributed by atoms with Crippen molar-refractivity contribution in [3.8, 4) is 11.5 Å². The quantitative estimate of drug-likeness (QED) is 0.132. The van der Waals surface area contributed by atoms with Crippen LogP contribution < -0.4 is 9.47 Å². The van der Waals surface area contributed by atoms with Gasteiger partial charge in [0.1, 0.15) is 12.4 Å². The molecule has 0 spiro atoms. The summed E-state index contributed by atoms with van der Waals surface area (Å²) in [6.07, 6.45) is 1.48. The van der Waals surface area contributed by atoms with Gasteiger partial charge in [0.25, 0.3) is 5.69 Å². The van der Waals surface area contributed by atoms with Crippen molar-refractivity contribution < 1.29 is 28.3 Å². The number of nitro groups is 1. The van der Waals surface area contributed by atoms with E-state index in [9.17, 15) is 19.3 Å². The molecule has 11 heteroatoms. The molecule has 36 heavy (non-hydrogen) atoms. The van der Waals surface area contributed by atoms with Crippen molar-refractivity contribution in [1.82, 2.24) is 0 Å². The third-order valence-corrected chi connectivity index (χ3v) is 5.86. The molecule has 0 fully saturated rings. The smallest absolute Gasteiger partial charge is 0.363 e. The van der Waals surface area contributed by atoms with Crippen LogP contribution in [0.3, 0.4) is 0 Å². The Balaban J connectivity index is 1.63. The van der Waals surface area contributed by atoms with E-state index in [0.29, 0.717) is 28.1 Å². The summed E-state index contributed by atoms with van der Waals surface area (Å²) in [6.45, 7) is 2.36. The van der Waals surface area contributed by atoms with Crippen LogP contribution in [0, 0.1) is 15.9 Å². The van der Waals surface area contributed by atoms with Gasteiger partial charge in [-0.25, -0.2) is 14.2 Å². The maximum Gasteiger partial charge on any atom is 0.363 e. The van der Waals surface area contributed by atoms with Gasteiger partial charge in [-0.3, -0.25) is 10.1 Å². The molecule has 0 saturated heterocycles. The molecule has 3 aromatic rings. The fourth-order valence-corrected chi connectivity index (χ4v) is 4.06. The second-order valence-electron chi connectivity index (χ2n) is 7.44. The van der Waals surface area contributed by atoms with Crippen molar-refractivity contribution in [2.45, 2.75) is 13.5 Å². The van der Waals surface area contributed by atoms with Crippen LogP contribution in [0.15, 0.2) is 69.8 Å². The Kier molecular flexibility index (Phi) is 7.66. The normalized spacial score (nSPS) is 13.9. The average Bonchev–Trinajstić information content (AvgIpc) is 3.19. The Morgan fingerprint density at radius 3 is 2.61 bits per heavy atom. The molecule has 1 heterocycles. The average molecular weight is 576 g/mol. The topological polar surface area (TPSA) is 100 Å². The van der Waals surface area contributed by atoms with Gasteiger partial charge in [-0.05, 0) is 70.4 Å². The molecule has 0 amide bonds. The number of rotatable bonds is 8. The molecule has 0 aliphatic carbocycles. The van der Waals surface area contributed by atoms with Gasteiger partial charge in [0.05, 0.1) is 26.6 Å². The molecule has 8 nitrogen and oxygen atoms in total. The second kappa shape index (κ2) is 10.9. The van der Waals surface area contributed by atoms with Crippen LogP contribution >= 0.6 is 27.5 Å². The van der Waals surface area contributed by atoms with Crippen molar-refractivity contribution in [3.63, 3.8) is 0 Å². The van der Waals surface area contributed by atoms with Gasteiger partial charge in [-0.2, -0.15) is 0 Å². The van der Waals surface area contributed by atoms with Gasteiger partial charge < -0.3 is 14.2 Å². The molecule has 0 N–H and O–H groups in total. The molecule has 0 radical (unpaired) electrons. The molecule has 1 aliphatic heterocycles. The number of nitrogens with zero attached hydrogens (tertiary/aromatic N) is 2. The van der Waals surface area contributed by atoms with Gasteiger partial charge in [-0.15, -0.1) is 0 Å². The zero-order chi connectivity index (χ0) is 25.8. The maximum atomic E-state index is 13.2. The Morgan fingerprint density at radius 2 is 1.92 bits per heavy atom. The first kappa shape index (κ1) is 25.3. The highest BCUT2D eigenvalue weighted by Crippen LogP contribution is 2.38. The van der Waals surface area contributed by atoms with Gasteiger partial charge in [0, 0.05) is 12.1 Å². The standard InChI is InChI=1S/C25H17BrClFN2O6/c1-2-34-22-11-15(9-19(26)23(22)35-13-14-3-5-16(28)6-4-14)10-21-25(31)36-24(29-21)18-12-17(30(32)33)7-8-20(18)27/h3-12H,2,13H2,1H3/b21-10-. The lowest BCUT2D eigenvalue weighted by Gasteiger charge is -2.15. The van der Waals surface area contributed by atoms with E-state index in [1.54, 1.807) is 24.3 Å². The van der Waals surface area contributed by atoms with Crippen LogP contribution in [-0.4, -0.2) is 23.4 Å². The fraction of sp³-hybridized carbons (Fsp3) is 0.120. The lowest BCUT2D eigenvalue weighted by Crippen LogP contribution is -2.06. The van der Waals surface area contributed by atoms with E-state index in [1.165, 1.54) is 36.4 Å². The van der Waals surface area contributed by atoms with E-state index in [2.05, 4.69) is 20.9 Å². The van der Waals surface area contributed by atoms with E-state index in [1.807, 2.05) is 6.92 Å². The van der Waals surface area contributed by atoms with Crippen LogP contribution in [0.5, 0.6) is 11.5 Å². The predicted molar refractivity (Wildman–Crippen MR) is 135 cm³/mol. The SMILES string of the molecule is CCOc1cc(/C=C2\N=C(c3cc([N+](=O)[O-])ccc3Cl)OC2=O)cc(Br)c1OCc1ccc(F)cc1. The summed E-state index contributed by atoms with van der Waals surface area (Å²) in [5.41, 5.74) is 1.21. The number of aliphatic imine (C=N–C) groups is 1. The fourth-order valence-electron chi connectivity index (χ4n) is 3.28. The molecule has 0 unspecified atom stereocenters. The first-order valence-electron chi connectivity index (χ1n) is 10.6. The minimum Gasteiger partial charge on any atom is -0.490 e. The number of cyclic esters (lactones) is 1. The van der Waals surface area contributed by atoms with Gasteiger partial charge in [-0.1, -0.05) is 23.7 Å². The van der Waals surface area contributed by atoms with E-state index >= 15 is 0 Å². The molecule has 0 atom stereocenters. The number of carbonyl (C=O) groups excluding carboxylic acids is 1. The Bertz CT molecular complexity index is 1410. The van der Waals surface area contributed by atoms with E-state index in [-0.39, 0.29) is 40.3 Å². The highest BCUT2D eigenvalue weighted by molar-refractivity contribution is 9.10. The van der Waals surface area contributed by atoms with Gasteiger partial charge >= 0.3 is 5.97 Å². The predicted octanol–water partition coefficient (Wildman–Crippen LogP) is 6.47. The number of halogens is 3. The molecule has 184 valence electrons. The van der Waals surface area contributed by atoms with Crippen molar-refractivity contribution in [3.05, 3.63) is 102 Å². The number of hydrogen-bond acceptors (Lipinski definition) is 7. The summed E-state index contributed by atoms with van der Waals surface area (Å²) in [5, 5.41) is 11.2. The van der Waals surface area contributed by atoms with Crippen LogP contribution in [-0.2, 0) is 16.1 Å². The molecular formula is C25H17BrClFN2O6. The Labute approximate surface area is 218 Å². The minimum absolute atomic E-state index is 0.0260. The van der Waals surface area contributed by atoms with Crippen molar-refractivity contribution in [2.24, 2.45) is 4.99 Å². The Hall–Kier alpha value is -3.76. The molecule has 3 aromatic carbocycles. The zero-order valence-electron chi connectivity index (χ0n) is 18.7. The lowest BCUT2D eigenvalue weighted by atomic mass is 10.1.